The second kappa shape index (κ2) is 12.4. The monoisotopic (exact) mass is 599 g/mol. The zero-order valence-electron chi connectivity index (χ0n) is 19.6. The van der Waals surface area contributed by atoms with Crippen LogP contribution >= 0.6 is 0 Å². The van der Waals surface area contributed by atoms with E-state index in [9.17, 15) is 0 Å². The van der Waals surface area contributed by atoms with Crippen LogP contribution in [0.25, 0.3) is 0 Å². The summed E-state index contributed by atoms with van der Waals surface area (Å²) >= 11 is 0. The molecule has 0 bridgehead atoms. The van der Waals surface area contributed by atoms with Crippen molar-refractivity contribution < 1.29 is 24.8 Å². The van der Waals surface area contributed by atoms with Gasteiger partial charge in [-0.2, -0.15) is 0 Å². The molecule has 31 heavy (non-hydrogen) atoms. The van der Waals surface area contributed by atoms with Gasteiger partial charge in [0.25, 0.3) is 7.12 Å². The Kier molecular flexibility index (Phi) is 11.4. The summed E-state index contributed by atoms with van der Waals surface area (Å²) < 4.78 is 13.4. The van der Waals surface area contributed by atoms with Gasteiger partial charge < -0.3 is 38.8 Å². The Labute approximate surface area is 200 Å². The molecule has 0 aliphatic heterocycles. The normalized spacial score (nSPS) is 10.9. The van der Waals surface area contributed by atoms with E-state index in [0.717, 1.165) is 45.3 Å². The van der Waals surface area contributed by atoms with Gasteiger partial charge in [0.2, 0.25) is 0 Å². The van der Waals surface area contributed by atoms with Crippen LogP contribution in [0.2, 0.25) is 0 Å². The smallest absolute Gasteiger partial charge is 0.367 e. The van der Waals surface area contributed by atoms with E-state index >= 15 is 0 Å². The molecule has 3 heterocycles. The van der Waals surface area contributed by atoms with Crippen LogP contribution in [0.5, 0.6) is 0 Å². The van der Waals surface area contributed by atoms with Gasteiger partial charge in [-0.25, -0.2) is 15.3 Å². The number of rotatable bonds is 3. The second-order valence-electron chi connectivity index (χ2n) is 7.52. The molecule has 3 aromatic rings. The molecule has 167 valence electrons. The number of aromatic nitrogens is 6. The molecule has 7 nitrogen and oxygen atoms in total. The van der Waals surface area contributed by atoms with Gasteiger partial charge in [-0.05, 0) is 76.8 Å². The fourth-order valence-electron chi connectivity index (χ4n) is 2.95. The fraction of sp³-hybridized carbons (Fsp3) is 0.364. The van der Waals surface area contributed by atoms with E-state index in [1.54, 1.807) is 0 Å². The van der Waals surface area contributed by atoms with Crippen molar-refractivity contribution in [3.63, 3.8) is 0 Å². The standard InChI is InChI=1S/C15H21BN6.C6H10.CO.Ir/c1-10-7-13(4)20(17-10)16(21-14(5)8-11(2)18-21)22-15(6)9-12(3)19-22;1-5(2)6(3)4;1-2;/h7-9H,1-6H3;1,3H2,2,4H3;;/q-1;-2;;+3/b;6-5-;;. The van der Waals surface area contributed by atoms with Crippen molar-refractivity contribution in [3.05, 3.63) is 84.0 Å². The SMILES string of the molecule is Cc1cc(C)n([B-](n2nc(C)cc2C)n2nc(C)cc2C)n1.[C-]#[O+].[CH2-]/C(C)=C(\[CH2-])C.[Ir+3]. The molecule has 0 aliphatic carbocycles. The van der Waals surface area contributed by atoms with Gasteiger partial charge in [-0.15, -0.1) is 13.8 Å². The fourth-order valence-corrected chi connectivity index (χ4v) is 2.95. The zero-order chi connectivity index (χ0) is 23.2. The molecular formula is C22H31BIrN6O. The van der Waals surface area contributed by atoms with E-state index in [-0.39, 0.29) is 27.2 Å². The average Bonchev–Trinajstić information content (AvgIpc) is 3.28. The van der Waals surface area contributed by atoms with Crippen molar-refractivity contribution in [1.82, 2.24) is 29.1 Å². The summed E-state index contributed by atoms with van der Waals surface area (Å²) in [5.41, 5.74) is 8.36. The molecule has 0 fully saturated rings. The van der Waals surface area contributed by atoms with E-state index in [4.69, 9.17) is 4.65 Å². The summed E-state index contributed by atoms with van der Waals surface area (Å²) in [5, 5.41) is 14.0. The Hall–Kier alpha value is -2.44. The van der Waals surface area contributed by atoms with Gasteiger partial charge in [0.05, 0.1) is 17.1 Å². The van der Waals surface area contributed by atoms with E-state index in [1.165, 1.54) is 0 Å². The maximum Gasteiger partial charge on any atom is 3.00 e. The summed E-state index contributed by atoms with van der Waals surface area (Å²) in [6.07, 6.45) is 0. The van der Waals surface area contributed by atoms with Crippen molar-refractivity contribution >= 4 is 7.12 Å². The van der Waals surface area contributed by atoms with Crippen molar-refractivity contribution in [2.45, 2.75) is 55.4 Å². The molecule has 3 aromatic heterocycles. The van der Waals surface area contributed by atoms with Crippen LogP contribution in [-0.2, 0) is 24.8 Å². The molecule has 0 aromatic carbocycles. The molecule has 3 rings (SSSR count). The second-order valence-corrected chi connectivity index (χ2v) is 7.52. The maximum absolute atomic E-state index is 7.50. The molecule has 0 N–H and O–H groups in total. The van der Waals surface area contributed by atoms with Gasteiger partial charge in [0.1, 0.15) is 0 Å². The molecule has 0 amide bonds. The van der Waals surface area contributed by atoms with E-state index < -0.39 is 0 Å². The summed E-state index contributed by atoms with van der Waals surface area (Å²) in [7, 11) is -0.226. The number of aryl methyl sites for hydroxylation is 6. The van der Waals surface area contributed by atoms with Gasteiger partial charge in [0.15, 0.2) is 0 Å². The molecule has 0 spiro atoms. The molecule has 0 saturated heterocycles. The third-order valence-electron chi connectivity index (χ3n) is 4.52. The first-order valence-electron chi connectivity index (χ1n) is 9.61. The summed E-state index contributed by atoms with van der Waals surface area (Å²) in [6, 6.07) is 6.22. The van der Waals surface area contributed by atoms with Crippen LogP contribution in [0.1, 0.15) is 48.0 Å². The summed E-state index contributed by atoms with van der Waals surface area (Å²) in [5.74, 6) is 0. The average molecular weight is 599 g/mol. The molecule has 0 aliphatic rings. The van der Waals surface area contributed by atoms with Crippen LogP contribution in [0.15, 0.2) is 29.3 Å². The maximum atomic E-state index is 7.50. The predicted octanol–water partition coefficient (Wildman–Crippen LogP) is 4.01. The van der Waals surface area contributed by atoms with Crippen molar-refractivity contribution in [3.8, 4) is 0 Å². The predicted molar refractivity (Wildman–Crippen MR) is 120 cm³/mol. The Morgan fingerprint density at radius 1 is 0.710 bits per heavy atom. The number of allylic oxidation sites excluding steroid dienone is 2. The largest absolute Gasteiger partial charge is 3.00 e. The van der Waals surface area contributed by atoms with E-state index in [2.05, 4.69) is 74.8 Å². The Bertz CT molecular complexity index is 916. The van der Waals surface area contributed by atoms with Crippen LogP contribution in [0, 0.1) is 62.0 Å². The van der Waals surface area contributed by atoms with Crippen LogP contribution < -0.4 is 0 Å². The molecule has 9 heteroatoms. The van der Waals surface area contributed by atoms with E-state index in [1.807, 2.05) is 48.4 Å². The molecule has 0 unspecified atom stereocenters. The Morgan fingerprint density at radius 3 is 1.06 bits per heavy atom. The molecule has 1 radical (unpaired) electrons. The third-order valence-corrected chi connectivity index (χ3v) is 4.52. The van der Waals surface area contributed by atoms with E-state index in [0.29, 0.717) is 0 Å². The Balaban J connectivity index is 0.000000870. The molecule has 0 saturated carbocycles. The van der Waals surface area contributed by atoms with Gasteiger partial charge in [0, 0.05) is 0 Å². The number of nitrogens with zero attached hydrogens (tertiary/aromatic N) is 6. The van der Waals surface area contributed by atoms with Crippen LogP contribution in [0.3, 0.4) is 0 Å². The van der Waals surface area contributed by atoms with Crippen molar-refractivity contribution in [1.29, 1.82) is 0 Å². The minimum absolute atomic E-state index is 0. The van der Waals surface area contributed by atoms with Crippen LogP contribution in [-0.4, -0.2) is 36.2 Å². The minimum atomic E-state index is -0.226. The molecular weight excluding hydrogens is 567 g/mol. The number of hydrogen-bond acceptors (Lipinski definition) is 3. The van der Waals surface area contributed by atoms with Gasteiger partial charge in [-0.3, -0.25) is 0 Å². The van der Waals surface area contributed by atoms with Crippen molar-refractivity contribution in [2.24, 2.45) is 0 Å². The quantitative estimate of drug-likeness (QED) is 0.260. The Morgan fingerprint density at radius 2 is 0.935 bits per heavy atom. The van der Waals surface area contributed by atoms with Crippen molar-refractivity contribution in [2.75, 3.05) is 0 Å². The van der Waals surface area contributed by atoms with Gasteiger partial charge >= 0.3 is 31.4 Å². The first kappa shape index (κ1) is 28.6. The summed E-state index contributed by atoms with van der Waals surface area (Å²) in [6.45, 7) is 27.9. The first-order chi connectivity index (χ1) is 14.0. The third kappa shape index (κ3) is 7.33. The molecule has 0 atom stereocenters. The first-order valence-corrected chi connectivity index (χ1v) is 9.61. The topological polar surface area (TPSA) is 73.4 Å². The minimum Gasteiger partial charge on any atom is -0.367 e. The number of hydrogen-bond donors (Lipinski definition) is 0. The van der Waals surface area contributed by atoms with Gasteiger partial charge in [-0.1, -0.05) is 0 Å². The van der Waals surface area contributed by atoms with Crippen LogP contribution in [0.4, 0.5) is 0 Å². The summed E-state index contributed by atoms with van der Waals surface area (Å²) in [4.78, 5) is 0. The zero-order valence-corrected chi connectivity index (χ0v) is 22.0.